The highest BCUT2D eigenvalue weighted by molar-refractivity contribution is 6.26. The van der Waals surface area contributed by atoms with Crippen molar-refractivity contribution >= 4 is 75.4 Å². The third kappa shape index (κ3) is 5.94. The fraction of sp³-hybridized carbons (Fsp3) is 0. The molecule has 14 rings (SSSR count). The maximum atomic E-state index is 2.45. The van der Waals surface area contributed by atoms with Crippen LogP contribution in [0.15, 0.2) is 255 Å². The number of rotatable bonds is 6. The molecule has 14 aromatic carbocycles. The standard InChI is InChI=1S/C68H42/c1-3-16-44(17-4-1)64-54-22-7-9-24-56(54)66(57-25-10-8-23-55(57)64)48-32-30-43(31-33-48)50-40-51(53-38-36-49-35-34-46-20-15-21-47-37-39-62(53)68(49)63(46)47)42-52(41-50)67-60-28-13-11-26-58(60)65(45-18-5-2-6-19-45)59-27-12-14-29-61(59)67/h1-42H. The lowest BCUT2D eigenvalue weighted by Crippen LogP contribution is -1.93. The van der Waals surface area contributed by atoms with Crippen LogP contribution in [0.4, 0.5) is 0 Å². The Morgan fingerprint density at radius 1 is 0.162 bits per heavy atom. The Kier molecular flexibility index (Phi) is 8.69. The average molecular weight is 859 g/mol. The molecule has 0 saturated heterocycles. The first-order valence-corrected chi connectivity index (χ1v) is 23.7. The van der Waals surface area contributed by atoms with E-state index in [-0.39, 0.29) is 0 Å². The van der Waals surface area contributed by atoms with Gasteiger partial charge in [0.1, 0.15) is 0 Å². The third-order valence-corrected chi connectivity index (χ3v) is 14.6. The molecule has 0 heteroatoms. The van der Waals surface area contributed by atoms with E-state index in [0.717, 1.165) is 0 Å². The summed E-state index contributed by atoms with van der Waals surface area (Å²) in [5.41, 5.74) is 14.7. The number of fused-ring (bicyclic) bond motifs is 4. The molecule has 0 radical (unpaired) electrons. The lowest BCUT2D eigenvalue weighted by Gasteiger charge is -2.20. The van der Waals surface area contributed by atoms with Gasteiger partial charge < -0.3 is 0 Å². The predicted molar refractivity (Wildman–Crippen MR) is 293 cm³/mol. The van der Waals surface area contributed by atoms with Gasteiger partial charge in [0.05, 0.1) is 0 Å². The van der Waals surface area contributed by atoms with Gasteiger partial charge in [0.2, 0.25) is 0 Å². The number of benzene rings is 14. The fourth-order valence-electron chi connectivity index (χ4n) is 11.6. The van der Waals surface area contributed by atoms with Crippen LogP contribution >= 0.6 is 0 Å². The van der Waals surface area contributed by atoms with E-state index in [0.29, 0.717) is 0 Å². The fourth-order valence-corrected chi connectivity index (χ4v) is 11.6. The summed E-state index contributed by atoms with van der Waals surface area (Å²) in [6, 6.07) is 94.8. The van der Waals surface area contributed by atoms with E-state index in [1.54, 1.807) is 0 Å². The monoisotopic (exact) mass is 858 g/mol. The summed E-state index contributed by atoms with van der Waals surface area (Å²) in [6.07, 6.45) is 0. The van der Waals surface area contributed by atoms with Crippen molar-refractivity contribution in [3.05, 3.63) is 255 Å². The second-order valence-corrected chi connectivity index (χ2v) is 18.3. The van der Waals surface area contributed by atoms with Gasteiger partial charge in [0, 0.05) is 0 Å². The van der Waals surface area contributed by atoms with Crippen LogP contribution in [0.25, 0.3) is 142 Å². The van der Waals surface area contributed by atoms with Crippen molar-refractivity contribution in [2.24, 2.45) is 0 Å². The van der Waals surface area contributed by atoms with Gasteiger partial charge in [-0.05, 0) is 160 Å². The summed E-state index contributed by atoms with van der Waals surface area (Å²) in [7, 11) is 0. The first-order chi connectivity index (χ1) is 33.7. The zero-order chi connectivity index (χ0) is 44.7. The summed E-state index contributed by atoms with van der Waals surface area (Å²) in [5.74, 6) is 0. The normalized spacial score (nSPS) is 11.8. The highest BCUT2D eigenvalue weighted by Gasteiger charge is 2.21. The van der Waals surface area contributed by atoms with Crippen LogP contribution in [0.3, 0.4) is 0 Å². The van der Waals surface area contributed by atoms with Gasteiger partial charge in [-0.15, -0.1) is 0 Å². The van der Waals surface area contributed by atoms with E-state index < -0.39 is 0 Å². The van der Waals surface area contributed by atoms with Gasteiger partial charge in [-0.1, -0.05) is 237 Å². The minimum Gasteiger partial charge on any atom is -0.0622 e. The highest BCUT2D eigenvalue weighted by Crippen LogP contribution is 2.48. The number of hydrogen-bond acceptors (Lipinski definition) is 0. The quantitative estimate of drug-likeness (QED) is 0.115. The molecule has 0 aliphatic rings. The molecule has 68 heavy (non-hydrogen) atoms. The van der Waals surface area contributed by atoms with Crippen molar-refractivity contribution in [3.8, 4) is 66.8 Å². The first-order valence-electron chi connectivity index (χ1n) is 23.7. The van der Waals surface area contributed by atoms with Crippen molar-refractivity contribution in [2.75, 3.05) is 0 Å². The molecule has 0 fully saturated rings. The maximum absolute atomic E-state index is 2.45. The molecule has 0 amide bonds. The maximum Gasteiger partial charge on any atom is -0.00206 e. The zero-order valence-electron chi connectivity index (χ0n) is 37.2. The molecule has 0 aromatic heterocycles. The van der Waals surface area contributed by atoms with Gasteiger partial charge in [-0.25, -0.2) is 0 Å². The Balaban J connectivity index is 1.02. The molecule has 0 heterocycles. The predicted octanol–water partition coefficient (Wildman–Crippen LogP) is 19.2. The molecule has 14 aromatic rings. The largest absolute Gasteiger partial charge is 0.0622 e. The molecule has 0 N–H and O–H groups in total. The Morgan fingerprint density at radius 2 is 0.500 bits per heavy atom. The molecule has 0 bridgehead atoms. The minimum absolute atomic E-state index is 1.18. The van der Waals surface area contributed by atoms with Crippen LogP contribution < -0.4 is 0 Å². The molecule has 0 saturated carbocycles. The average Bonchev–Trinajstić information content (AvgIpc) is 3.41. The molecule has 0 aliphatic carbocycles. The SMILES string of the molecule is c1ccc(-c2c3ccccc3c(-c3ccc(-c4cc(-c5c6ccccc6c(-c6ccccc6)c6ccccc56)cc(-c5ccc6ccc7cccc8ccc5c6c78)c4)cc3)c3ccccc23)cc1. The molecule has 0 nitrogen and oxygen atoms in total. The van der Waals surface area contributed by atoms with Crippen LogP contribution in [0.2, 0.25) is 0 Å². The minimum atomic E-state index is 1.18. The van der Waals surface area contributed by atoms with Crippen LogP contribution in [-0.2, 0) is 0 Å². The Labute approximate surface area is 395 Å². The zero-order valence-corrected chi connectivity index (χ0v) is 37.2. The molecule has 0 spiro atoms. The van der Waals surface area contributed by atoms with Crippen molar-refractivity contribution in [2.45, 2.75) is 0 Å². The van der Waals surface area contributed by atoms with E-state index in [9.17, 15) is 0 Å². The van der Waals surface area contributed by atoms with E-state index >= 15 is 0 Å². The second-order valence-electron chi connectivity index (χ2n) is 18.3. The third-order valence-electron chi connectivity index (χ3n) is 14.6. The van der Waals surface area contributed by atoms with Crippen molar-refractivity contribution < 1.29 is 0 Å². The molecular weight excluding hydrogens is 817 g/mol. The molecule has 0 atom stereocenters. The Bertz CT molecular complexity index is 4150. The van der Waals surface area contributed by atoms with Crippen LogP contribution in [0, 0.1) is 0 Å². The Morgan fingerprint density at radius 3 is 0.971 bits per heavy atom. The highest BCUT2D eigenvalue weighted by atomic mass is 14.2. The van der Waals surface area contributed by atoms with Gasteiger partial charge in [-0.3, -0.25) is 0 Å². The van der Waals surface area contributed by atoms with E-state index in [1.807, 2.05) is 0 Å². The van der Waals surface area contributed by atoms with E-state index in [1.165, 1.54) is 142 Å². The summed E-state index contributed by atoms with van der Waals surface area (Å²) in [6.45, 7) is 0. The van der Waals surface area contributed by atoms with Crippen molar-refractivity contribution in [3.63, 3.8) is 0 Å². The number of hydrogen-bond donors (Lipinski definition) is 0. The van der Waals surface area contributed by atoms with Crippen LogP contribution in [0.5, 0.6) is 0 Å². The molecule has 0 unspecified atom stereocenters. The first kappa shape index (κ1) is 38.4. The van der Waals surface area contributed by atoms with Gasteiger partial charge in [0.25, 0.3) is 0 Å². The molecule has 314 valence electrons. The molecule has 0 aliphatic heterocycles. The summed E-state index contributed by atoms with van der Waals surface area (Å²) < 4.78 is 0. The summed E-state index contributed by atoms with van der Waals surface area (Å²) in [5, 5.41) is 17.8. The summed E-state index contributed by atoms with van der Waals surface area (Å²) >= 11 is 0. The van der Waals surface area contributed by atoms with Gasteiger partial charge >= 0.3 is 0 Å². The lowest BCUT2D eigenvalue weighted by molar-refractivity contribution is 1.59. The van der Waals surface area contributed by atoms with Gasteiger partial charge in [-0.2, -0.15) is 0 Å². The second kappa shape index (κ2) is 15.4. The Hall–Kier alpha value is -8.84. The van der Waals surface area contributed by atoms with Crippen molar-refractivity contribution in [1.82, 2.24) is 0 Å². The smallest absolute Gasteiger partial charge is 0.00206 e. The van der Waals surface area contributed by atoms with E-state index in [4.69, 9.17) is 0 Å². The topological polar surface area (TPSA) is 0 Å². The summed E-state index contributed by atoms with van der Waals surface area (Å²) in [4.78, 5) is 0. The molecular formula is C68H42. The van der Waals surface area contributed by atoms with Gasteiger partial charge in [0.15, 0.2) is 0 Å². The lowest BCUT2D eigenvalue weighted by atomic mass is 9.83. The van der Waals surface area contributed by atoms with E-state index in [2.05, 4.69) is 255 Å². The van der Waals surface area contributed by atoms with Crippen LogP contribution in [-0.4, -0.2) is 0 Å². The van der Waals surface area contributed by atoms with Crippen molar-refractivity contribution in [1.29, 1.82) is 0 Å². The van der Waals surface area contributed by atoms with Crippen LogP contribution in [0.1, 0.15) is 0 Å².